The second-order valence-electron chi connectivity index (χ2n) is 4.29. The van der Waals surface area contributed by atoms with E-state index in [2.05, 4.69) is 5.32 Å². The zero-order chi connectivity index (χ0) is 13.0. The largest absolute Gasteiger partial charge is 0.469 e. The van der Waals surface area contributed by atoms with Crippen LogP contribution >= 0.6 is 11.8 Å². The van der Waals surface area contributed by atoms with E-state index >= 15 is 0 Å². The second kappa shape index (κ2) is 5.95. The Bertz CT molecular complexity index is 419. The number of furan rings is 1. The minimum Gasteiger partial charge on any atom is -0.469 e. The molecule has 6 heteroatoms. The predicted octanol–water partition coefficient (Wildman–Crippen LogP) is 1.50. The smallest absolute Gasteiger partial charge is 0.282 e. The van der Waals surface area contributed by atoms with Crippen molar-refractivity contribution in [2.45, 2.75) is 19.4 Å². The van der Waals surface area contributed by atoms with Crippen molar-refractivity contribution < 1.29 is 14.0 Å². The highest BCUT2D eigenvalue weighted by Crippen LogP contribution is 2.16. The second-order valence-corrected chi connectivity index (χ2v) is 5.33. The van der Waals surface area contributed by atoms with E-state index < -0.39 is 0 Å². The van der Waals surface area contributed by atoms with Crippen LogP contribution in [0.25, 0.3) is 0 Å². The Balaban J connectivity index is 1.75. The van der Waals surface area contributed by atoms with Crippen molar-refractivity contribution in [1.82, 2.24) is 10.2 Å². The lowest BCUT2D eigenvalue weighted by Gasteiger charge is -2.17. The predicted molar refractivity (Wildman–Crippen MR) is 69.4 cm³/mol. The molecule has 0 aromatic carbocycles. The van der Waals surface area contributed by atoms with Crippen molar-refractivity contribution in [3.63, 3.8) is 0 Å². The molecule has 1 aliphatic heterocycles. The minimum absolute atomic E-state index is 0.00555. The van der Waals surface area contributed by atoms with Gasteiger partial charge >= 0.3 is 0 Å². The molecule has 5 nitrogen and oxygen atoms in total. The van der Waals surface area contributed by atoms with Gasteiger partial charge in [0.2, 0.25) is 5.91 Å². The molecule has 1 aromatic rings. The van der Waals surface area contributed by atoms with Crippen LogP contribution in [0.4, 0.5) is 4.79 Å². The molecule has 1 saturated heterocycles. The number of hydrogen-bond acceptors (Lipinski definition) is 4. The molecular weight excluding hydrogens is 252 g/mol. The molecule has 1 N–H and O–H groups in total. The van der Waals surface area contributed by atoms with Crippen LogP contribution in [0, 0.1) is 0 Å². The molecule has 18 heavy (non-hydrogen) atoms. The quantitative estimate of drug-likeness (QED) is 0.879. The van der Waals surface area contributed by atoms with Crippen LogP contribution in [0.3, 0.4) is 0 Å². The molecule has 0 aliphatic carbocycles. The summed E-state index contributed by atoms with van der Waals surface area (Å²) >= 11 is 1.26. The van der Waals surface area contributed by atoms with Gasteiger partial charge in [-0.1, -0.05) is 11.8 Å². The Hall–Kier alpha value is -1.43. The maximum atomic E-state index is 11.7. The standard InChI is InChI=1S/C12H16N2O3S/c1-9(7-10-3-2-5-17-10)13-11(15)8-14-4-6-18-12(14)16/h2-3,5,9H,4,6-8H2,1H3,(H,13,15)/t9-/m0/s1. The molecule has 1 aliphatic rings. The van der Waals surface area contributed by atoms with E-state index in [0.29, 0.717) is 13.0 Å². The monoisotopic (exact) mass is 268 g/mol. The van der Waals surface area contributed by atoms with Gasteiger partial charge < -0.3 is 14.6 Å². The Kier molecular flexibility index (Phi) is 4.30. The molecule has 0 bridgehead atoms. The number of carbonyl (C=O) groups excluding carboxylic acids is 2. The normalized spacial score (nSPS) is 16.9. The molecule has 98 valence electrons. The van der Waals surface area contributed by atoms with Crippen molar-refractivity contribution >= 4 is 22.9 Å². The summed E-state index contributed by atoms with van der Waals surface area (Å²) in [6.45, 7) is 2.72. The first-order chi connectivity index (χ1) is 8.65. The van der Waals surface area contributed by atoms with Crippen LogP contribution < -0.4 is 5.32 Å². The van der Waals surface area contributed by atoms with Crippen LogP contribution in [0.2, 0.25) is 0 Å². The van der Waals surface area contributed by atoms with Gasteiger partial charge in [0.25, 0.3) is 5.24 Å². The SMILES string of the molecule is C[C@@H](Cc1ccco1)NC(=O)CN1CCSC1=O. The van der Waals surface area contributed by atoms with Gasteiger partial charge in [-0.3, -0.25) is 9.59 Å². The topological polar surface area (TPSA) is 62.6 Å². The van der Waals surface area contributed by atoms with Crippen LogP contribution in [-0.2, 0) is 11.2 Å². The third-order valence-electron chi connectivity index (χ3n) is 2.67. The number of nitrogens with zero attached hydrogens (tertiary/aromatic N) is 1. The van der Waals surface area contributed by atoms with Crippen molar-refractivity contribution in [3.8, 4) is 0 Å². The summed E-state index contributed by atoms with van der Waals surface area (Å²) in [7, 11) is 0. The first kappa shape index (κ1) is 13.0. The number of hydrogen-bond donors (Lipinski definition) is 1. The van der Waals surface area contributed by atoms with E-state index in [1.807, 2.05) is 19.1 Å². The summed E-state index contributed by atoms with van der Waals surface area (Å²) in [4.78, 5) is 24.7. The Labute approximate surface area is 110 Å². The van der Waals surface area contributed by atoms with Gasteiger partial charge in [0.1, 0.15) is 12.3 Å². The van der Waals surface area contributed by atoms with Crippen LogP contribution in [0.1, 0.15) is 12.7 Å². The van der Waals surface area contributed by atoms with Crippen molar-refractivity contribution in [2.75, 3.05) is 18.8 Å². The Morgan fingerprint density at radius 3 is 3.11 bits per heavy atom. The van der Waals surface area contributed by atoms with Gasteiger partial charge in [0.15, 0.2) is 0 Å². The highest BCUT2D eigenvalue weighted by atomic mass is 32.2. The molecule has 2 rings (SSSR count). The first-order valence-corrected chi connectivity index (χ1v) is 6.87. The van der Waals surface area contributed by atoms with Crippen LogP contribution in [0.15, 0.2) is 22.8 Å². The van der Waals surface area contributed by atoms with Crippen molar-refractivity contribution in [1.29, 1.82) is 0 Å². The zero-order valence-electron chi connectivity index (χ0n) is 10.2. The molecule has 1 aromatic heterocycles. The third kappa shape index (κ3) is 3.53. The highest BCUT2D eigenvalue weighted by molar-refractivity contribution is 8.13. The summed E-state index contributed by atoms with van der Waals surface area (Å²) in [5, 5.41) is 2.85. The molecule has 2 heterocycles. The summed E-state index contributed by atoms with van der Waals surface area (Å²) in [5.74, 6) is 1.49. The number of thioether (sulfide) groups is 1. The van der Waals surface area contributed by atoms with E-state index in [1.165, 1.54) is 11.8 Å². The number of carbonyl (C=O) groups is 2. The number of nitrogens with one attached hydrogen (secondary N) is 1. The highest BCUT2D eigenvalue weighted by Gasteiger charge is 2.23. The summed E-state index contributed by atoms with van der Waals surface area (Å²) in [5.41, 5.74) is 0. The maximum Gasteiger partial charge on any atom is 0.282 e. The summed E-state index contributed by atoms with van der Waals surface area (Å²) in [6, 6.07) is 3.70. The average molecular weight is 268 g/mol. The van der Waals surface area contributed by atoms with E-state index in [1.54, 1.807) is 11.2 Å². The van der Waals surface area contributed by atoms with Crippen LogP contribution in [0.5, 0.6) is 0 Å². The van der Waals surface area contributed by atoms with Gasteiger partial charge in [-0.05, 0) is 19.1 Å². The summed E-state index contributed by atoms with van der Waals surface area (Å²) < 4.78 is 5.22. The van der Waals surface area contributed by atoms with E-state index in [0.717, 1.165) is 11.5 Å². The first-order valence-electron chi connectivity index (χ1n) is 5.88. The maximum absolute atomic E-state index is 11.7. The Morgan fingerprint density at radius 2 is 2.50 bits per heavy atom. The third-order valence-corrected chi connectivity index (χ3v) is 3.57. The lowest BCUT2D eigenvalue weighted by atomic mass is 10.2. The lowest BCUT2D eigenvalue weighted by molar-refractivity contribution is -0.122. The van der Waals surface area contributed by atoms with E-state index in [4.69, 9.17) is 4.42 Å². The fraction of sp³-hybridized carbons (Fsp3) is 0.500. The zero-order valence-corrected chi connectivity index (χ0v) is 11.0. The number of amides is 2. The van der Waals surface area contributed by atoms with Crippen LogP contribution in [-0.4, -0.2) is 40.9 Å². The van der Waals surface area contributed by atoms with Crippen molar-refractivity contribution in [2.24, 2.45) is 0 Å². The molecule has 0 spiro atoms. The van der Waals surface area contributed by atoms with Gasteiger partial charge in [-0.2, -0.15) is 0 Å². The Morgan fingerprint density at radius 1 is 1.67 bits per heavy atom. The van der Waals surface area contributed by atoms with Crippen molar-refractivity contribution in [3.05, 3.63) is 24.2 Å². The molecule has 0 saturated carbocycles. The number of rotatable bonds is 5. The van der Waals surface area contributed by atoms with E-state index in [-0.39, 0.29) is 23.7 Å². The van der Waals surface area contributed by atoms with Gasteiger partial charge in [0, 0.05) is 24.8 Å². The molecular formula is C12H16N2O3S. The molecule has 1 atom stereocenters. The minimum atomic E-state index is -0.120. The van der Waals surface area contributed by atoms with Gasteiger partial charge in [0.05, 0.1) is 6.26 Å². The summed E-state index contributed by atoms with van der Waals surface area (Å²) in [6.07, 6.45) is 2.27. The lowest BCUT2D eigenvalue weighted by Crippen LogP contribution is -2.41. The molecule has 0 radical (unpaired) electrons. The fourth-order valence-corrected chi connectivity index (χ4v) is 2.67. The van der Waals surface area contributed by atoms with Gasteiger partial charge in [-0.25, -0.2) is 0 Å². The molecule has 2 amide bonds. The average Bonchev–Trinajstić information content (AvgIpc) is 2.91. The molecule has 1 fully saturated rings. The van der Waals surface area contributed by atoms with E-state index in [9.17, 15) is 9.59 Å². The fourth-order valence-electron chi connectivity index (χ4n) is 1.84. The molecule has 0 unspecified atom stereocenters. The van der Waals surface area contributed by atoms with Gasteiger partial charge in [-0.15, -0.1) is 0 Å².